The van der Waals surface area contributed by atoms with Gasteiger partial charge in [-0.05, 0) is 24.6 Å². The highest BCUT2D eigenvalue weighted by Crippen LogP contribution is 2.38. The fourth-order valence-electron chi connectivity index (χ4n) is 2.48. The molecule has 2 aromatic rings. The summed E-state index contributed by atoms with van der Waals surface area (Å²) < 4.78 is 1.31. The number of nitrogens with zero attached hydrogens (tertiary/aromatic N) is 1. The number of fused-ring (bicyclic) bond motifs is 5. The van der Waals surface area contributed by atoms with Gasteiger partial charge in [0.05, 0.1) is 11.2 Å². The van der Waals surface area contributed by atoms with Gasteiger partial charge >= 0.3 is 0 Å². The molecule has 0 saturated heterocycles. The minimum atomic E-state index is 1.09. The van der Waals surface area contributed by atoms with Crippen LogP contribution in [0.1, 0.15) is 5.56 Å². The highest BCUT2D eigenvalue weighted by Gasteiger charge is 2.14. The van der Waals surface area contributed by atoms with Gasteiger partial charge < -0.3 is 0 Å². The molecule has 1 nitrogen and oxygen atoms in total. The van der Waals surface area contributed by atoms with E-state index in [4.69, 9.17) is 4.98 Å². The summed E-state index contributed by atoms with van der Waals surface area (Å²) in [5.41, 5.74) is 4.79. The van der Waals surface area contributed by atoms with Gasteiger partial charge in [0, 0.05) is 26.4 Å². The van der Waals surface area contributed by atoms with Crippen LogP contribution < -0.4 is 0 Å². The van der Waals surface area contributed by atoms with Crippen molar-refractivity contribution < 1.29 is 0 Å². The van der Waals surface area contributed by atoms with E-state index in [1.165, 1.54) is 26.6 Å². The molecule has 0 aromatic heterocycles. The Balaban J connectivity index is 2.23. The van der Waals surface area contributed by atoms with Crippen molar-refractivity contribution in [3.8, 4) is 11.3 Å². The van der Waals surface area contributed by atoms with E-state index >= 15 is 0 Å². The summed E-state index contributed by atoms with van der Waals surface area (Å²) in [6.45, 7) is 2.13. The monoisotopic (exact) mass is 249 g/mol. The second kappa shape index (κ2) is 3.53. The quantitative estimate of drug-likeness (QED) is 0.433. The van der Waals surface area contributed by atoms with Crippen LogP contribution in [0.15, 0.2) is 47.8 Å². The van der Waals surface area contributed by atoms with Gasteiger partial charge in [0.2, 0.25) is 0 Å². The molecule has 2 aromatic carbocycles. The Morgan fingerprint density at radius 2 is 1.89 bits per heavy atom. The zero-order valence-electron chi connectivity index (χ0n) is 9.97. The molecular weight excluding hydrogens is 238 g/mol. The van der Waals surface area contributed by atoms with E-state index in [0.717, 1.165) is 11.2 Å². The summed E-state index contributed by atoms with van der Waals surface area (Å²) in [5, 5.41) is 4.75. The van der Waals surface area contributed by atoms with E-state index < -0.39 is 0 Å². The zero-order chi connectivity index (χ0) is 12.1. The lowest BCUT2D eigenvalue weighted by atomic mass is 10.1. The second-order valence-electron chi connectivity index (χ2n) is 4.63. The number of hydrogen-bond acceptors (Lipinski definition) is 2. The normalized spacial score (nSPS) is 11.6. The van der Waals surface area contributed by atoms with Crippen LogP contribution in [0.25, 0.3) is 32.2 Å². The first-order valence-electron chi connectivity index (χ1n) is 5.99. The summed E-state index contributed by atoms with van der Waals surface area (Å²) in [5.74, 6) is 0. The van der Waals surface area contributed by atoms with Crippen molar-refractivity contribution in [2.24, 2.45) is 0 Å². The van der Waals surface area contributed by atoms with E-state index in [0.29, 0.717) is 0 Å². The molecule has 86 valence electrons. The van der Waals surface area contributed by atoms with Crippen molar-refractivity contribution in [1.29, 1.82) is 0 Å². The van der Waals surface area contributed by atoms with Gasteiger partial charge in [0.25, 0.3) is 0 Å². The molecule has 2 aliphatic rings. The van der Waals surface area contributed by atoms with Gasteiger partial charge in [0.1, 0.15) is 0 Å². The minimum absolute atomic E-state index is 1.09. The number of hydrogen-bond donors (Lipinski definition) is 0. The first kappa shape index (κ1) is 10.0. The molecular formula is C16H11NS. The van der Waals surface area contributed by atoms with Crippen molar-refractivity contribution >= 4 is 32.3 Å². The molecule has 0 bridgehead atoms. The Bertz CT molecular complexity index is 844. The van der Waals surface area contributed by atoms with Gasteiger partial charge in [-0.25, -0.2) is 4.98 Å². The van der Waals surface area contributed by atoms with Gasteiger partial charge in [0.15, 0.2) is 0 Å². The van der Waals surface area contributed by atoms with E-state index in [-0.39, 0.29) is 0 Å². The highest BCUT2D eigenvalue weighted by molar-refractivity contribution is 7.17. The maximum absolute atomic E-state index is 4.78. The van der Waals surface area contributed by atoms with E-state index in [2.05, 4.69) is 48.7 Å². The van der Waals surface area contributed by atoms with Crippen LogP contribution in [0, 0.1) is 6.92 Å². The lowest BCUT2D eigenvalue weighted by molar-refractivity contribution is 1.48. The molecule has 0 amide bonds. The third-order valence-corrected chi connectivity index (χ3v) is 4.32. The Morgan fingerprint density at radius 3 is 2.83 bits per heavy atom. The number of aromatic nitrogens is 1. The summed E-state index contributed by atoms with van der Waals surface area (Å²) in [7, 11) is 0. The van der Waals surface area contributed by atoms with E-state index in [1.54, 1.807) is 11.3 Å². The summed E-state index contributed by atoms with van der Waals surface area (Å²) in [6.07, 6.45) is 0. The van der Waals surface area contributed by atoms with E-state index in [1.807, 2.05) is 6.07 Å². The largest absolute Gasteiger partial charge is 0.247 e. The molecule has 2 aliphatic heterocycles. The third kappa shape index (κ3) is 1.30. The lowest BCUT2D eigenvalue weighted by Gasteiger charge is -2.04. The number of rotatable bonds is 0. The number of para-hydroxylation sites is 1. The summed E-state index contributed by atoms with van der Waals surface area (Å²) in [4.78, 5) is 4.78. The molecule has 0 aliphatic carbocycles. The predicted molar refractivity (Wildman–Crippen MR) is 78.5 cm³/mol. The average molecular weight is 249 g/mol. The smallest absolute Gasteiger partial charge is 0.0810 e. The number of aryl methyl sites for hydroxylation is 1. The number of benzene rings is 2. The van der Waals surface area contributed by atoms with Crippen LogP contribution in [-0.2, 0) is 0 Å². The van der Waals surface area contributed by atoms with Crippen LogP contribution >= 0.6 is 11.3 Å². The first-order valence-corrected chi connectivity index (χ1v) is 6.87. The molecule has 0 unspecified atom stereocenters. The molecule has 18 heavy (non-hydrogen) atoms. The SMILES string of the molecule is Cc1ccc2c3nc4ccccc4c-3csc2c1. The fraction of sp³-hybridized carbons (Fsp3) is 0.0625. The highest BCUT2D eigenvalue weighted by atomic mass is 32.1. The first-order chi connectivity index (χ1) is 8.83. The average Bonchev–Trinajstić information content (AvgIpc) is 2.77. The maximum Gasteiger partial charge on any atom is 0.0810 e. The molecule has 2 heterocycles. The molecule has 2 heteroatoms. The van der Waals surface area contributed by atoms with Crippen molar-refractivity contribution in [1.82, 2.24) is 4.98 Å². The van der Waals surface area contributed by atoms with Crippen molar-refractivity contribution in [2.75, 3.05) is 0 Å². The van der Waals surface area contributed by atoms with Crippen molar-refractivity contribution in [3.63, 3.8) is 0 Å². The molecule has 0 saturated carbocycles. The third-order valence-electron chi connectivity index (χ3n) is 3.38. The standard InChI is InChI=1S/C16H11NS/c1-10-6-7-12-15(8-10)18-9-13-11-4-2-3-5-14(11)17-16(12)13/h2-9H,1H3. The summed E-state index contributed by atoms with van der Waals surface area (Å²) >= 11 is 1.80. The molecule has 0 radical (unpaired) electrons. The van der Waals surface area contributed by atoms with E-state index in [9.17, 15) is 0 Å². The molecule has 0 fully saturated rings. The molecule has 4 rings (SSSR count). The Kier molecular flexibility index (Phi) is 1.97. The van der Waals surface area contributed by atoms with Gasteiger partial charge in [-0.1, -0.05) is 30.3 Å². The fourth-order valence-corrected chi connectivity index (χ4v) is 3.51. The minimum Gasteiger partial charge on any atom is -0.247 e. The predicted octanol–water partition coefficient (Wildman–Crippen LogP) is 4.86. The maximum atomic E-state index is 4.78. The molecule has 0 spiro atoms. The molecule has 0 atom stereocenters. The van der Waals surface area contributed by atoms with Crippen LogP contribution in [-0.4, -0.2) is 4.98 Å². The van der Waals surface area contributed by atoms with Crippen LogP contribution in [0.5, 0.6) is 0 Å². The topological polar surface area (TPSA) is 12.9 Å². The zero-order valence-corrected chi connectivity index (χ0v) is 10.8. The van der Waals surface area contributed by atoms with Gasteiger partial charge in [-0.3, -0.25) is 0 Å². The Hall–Kier alpha value is -1.93. The van der Waals surface area contributed by atoms with Crippen molar-refractivity contribution in [2.45, 2.75) is 6.92 Å². The molecule has 0 N–H and O–H groups in total. The van der Waals surface area contributed by atoms with Crippen molar-refractivity contribution in [3.05, 3.63) is 53.4 Å². The second-order valence-corrected chi connectivity index (χ2v) is 5.54. The Morgan fingerprint density at radius 1 is 1.00 bits per heavy atom. The van der Waals surface area contributed by atoms with Crippen LogP contribution in [0.4, 0.5) is 0 Å². The van der Waals surface area contributed by atoms with Gasteiger partial charge in [-0.15, -0.1) is 11.3 Å². The summed E-state index contributed by atoms with van der Waals surface area (Å²) in [6, 6.07) is 14.9. The van der Waals surface area contributed by atoms with Gasteiger partial charge in [-0.2, -0.15) is 0 Å². The lowest BCUT2D eigenvalue weighted by Crippen LogP contribution is -1.80. The van der Waals surface area contributed by atoms with Crippen LogP contribution in [0.2, 0.25) is 0 Å². The Labute approximate surface area is 109 Å². The van der Waals surface area contributed by atoms with Crippen LogP contribution in [0.3, 0.4) is 0 Å².